The van der Waals surface area contributed by atoms with Gasteiger partial charge in [0.1, 0.15) is 0 Å². The smallest absolute Gasteiger partial charge is 0.229 e. The van der Waals surface area contributed by atoms with Gasteiger partial charge in [0, 0.05) is 34.3 Å². The zero-order valence-electron chi connectivity index (χ0n) is 19.0. The molecule has 2 fully saturated rings. The number of anilines is 3. The minimum absolute atomic E-state index is 0.0297. The van der Waals surface area contributed by atoms with Gasteiger partial charge in [-0.2, -0.15) is 0 Å². The molecule has 2 N–H and O–H groups in total. The maximum atomic E-state index is 13.5. The van der Waals surface area contributed by atoms with Crippen LogP contribution in [0.3, 0.4) is 0 Å². The molecule has 3 aromatic rings. The number of nitrogens with zero attached hydrogens (tertiary/aromatic N) is 1. The Hall–Kier alpha value is -3.45. The average Bonchev–Trinajstić information content (AvgIpc) is 3.55. The van der Waals surface area contributed by atoms with E-state index >= 15 is 0 Å². The molecule has 0 spiro atoms. The zero-order valence-corrected chi connectivity index (χ0v) is 19.8. The second-order valence-corrected chi connectivity index (χ2v) is 10.0. The Balaban J connectivity index is 1.36. The van der Waals surface area contributed by atoms with E-state index in [0.717, 1.165) is 34.7 Å². The van der Waals surface area contributed by atoms with Crippen LogP contribution in [0.25, 0.3) is 0 Å². The molecule has 2 aromatic carbocycles. The highest BCUT2D eigenvalue weighted by molar-refractivity contribution is 7.10. The van der Waals surface area contributed by atoms with Crippen molar-refractivity contribution in [3.63, 3.8) is 0 Å². The second-order valence-electron chi connectivity index (χ2n) is 9.03. The van der Waals surface area contributed by atoms with Crippen molar-refractivity contribution in [1.82, 2.24) is 0 Å². The van der Waals surface area contributed by atoms with E-state index in [1.54, 1.807) is 40.5 Å². The number of piperidine rings is 1. The van der Waals surface area contributed by atoms with Crippen LogP contribution in [0.4, 0.5) is 17.1 Å². The maximum Gasteiger partial charge on any atom is 0.229 e. The normalized spacial score (nSPS) is 20.1. The number of benzene rings is 2. The first kappa shape index (κ1) is 22.3. The number of nitrogens with one attached hydrogen (secondary N) is 2. The molecule has 3 amide bonds. The lowest BCUT2D eigenvalue weighted by Gasteiger charge is -2.40. The van der Waals surface area contributed by atoms with E-state index in [0.29, 0.717) is 18.5 Å². The van der Waals surface area contributed by atoms with Crippen LogP contribution in [-0.4, -0.2) is 17.7 Å². The van der Waals surface area contributed by atoms with Crippen LogP contribution in [0.1, 0.15) is 42.2 Å². The Bertz CT molecular complexity index is 1180. The monoisotopic (exact) mass is 473 g/mol. The van der Waals surface area contributed by atoms with Gasteiger partial charge < -0.3 is 15.5 Å². The lowest BCUT2D eigenvalue weighted by molar-refractivity contribution is -0.126. The van der Waals surface area contributed by atoms with Gasteiger partial charge in [-0.05, 0) is 74.0 Å². The van der Waals surface area contributed by atoms with Crippen molar-refractivity contribution in [2.24, 2.45) is 11.8 Å². The van der Waals surface area contributed by atoms with Gasteiger partial charge >= 0.3 is 0 Å². The lowest BCUT2D eigenvalue weighted by atomic mass is 9.86. The predicted molar refractivity (Wildman–Crippen MR) is 135 cm³/mol. The third-order valence-electron chi connectivity index (χ3n) is 6.45. The number of rotatable bonds is 6. The molecule has 2 unspecified atom stereocenters. The van der Waals surface area contributed by atoms with Crippen LogP contribution in [0.5, 0.6) is 0 Å². The van der Waals surface area contributed by atoms with Crippen LogP contribution in [-0.2, 0) is 14.4 Å². The molecule has 0 bridgehead atoms. The first-order chi connectivity index (χ1) is 16.5. The summed E-state index contributed by atoms with van der Waals surface area (Å²) >= 11 is 1.56. The van der Waals surface area contributed by atoms with Crippen molar-refractivity contribution in [3.8, 4) is 0 Å². The fourth-order valence-corrected chi connectivity index (χ4v) is 5.30. The Labute approximate surface area is 203 Å². The highest BCUT2D eigenvalue weighted by Gasteiger charge is 2.42. The number of amides is 3. The van der Waals surface area contributed by atoms with E-state index in [2.05, 4.69) is 10.6 Å². The van der Waals surface area contributed by atoms with E-state index < -0.39 is 0 Å². The van der Waals surface area contributed by atoms with Crippen molar-refractivity contribution in [2.45, 2.75) is 38.6 Å². The first-order valence-electron chi connectivity index (χ1n) is 11.6. The fraction of sp³-hybridized carbons (Fsp3) is 0.296. The molecule has 7 heteroatoms. The summed E-state index contributed by atoms with van der Waals surface area (Å²) in [4.78, 5) is 41.3. The van der Waals surface area contributed by atoms with Crippen LogP contribution in [0.15, 0.2) is 66.0 Å². The summed E-state index contributed by atoms with van der Waals surface area (Å²) in [5.41, 5.74) is 3.31. The van der Waals surface area contributed by atoms with Gasteiger partial charge in [0.25, 0.3) is 0 Å². The summed E-state index contributed by atoms with van der Waals surface area (Å²) in [7, 11) is 0. The van der Waals surface area contributed by atoms with Crippen molar-refractivity contribution < 1.29 is 14.4 Å². The van der Waals surface area contributed by atoms with Gasteiger partial charge in [0.15, 0.2) is 0 Å². The Kier molecular flexibility index (Phi) is 6.20. The summed E-state index contributed by atoms with van der Waals surface area (Å²) in [6.07, 6.45) is 2.72. The van der Waals surface area contributed by atoms with Gasteiger partial charge in [0.05, 0.1) is 12.0 Å². The summed E-state index contributed by atoms with van der Waals surface area (Å²) in [6, 6.07) is 18.7. The molecular formula is C27H27N3O3S. The second kappa shape index (κ2) is 9.43. The Morgan fingerprint density at radius 3 is 2.12 bits per heavy atom. The topological polar surface area (TPSA) is 78.5 Å². The van der Waals surface area contributed by atoms with E-state index in [1.165, 1.54) is 0 Å². The van der Waals surface area contributed by atoms with E-state index in [9.17, 15) is 14.4 Å². The molecule has 2 heterocycles. The van der Waals surface area contributed by atoms with Gasteiger partial charge in [-0.15, -0.1) is 11.3 Å². The number of thiophene rings is 1. The van der Waals surface area contributed by atoms with Gasteiger partial charge in [-0.25, -0.2) is 0 Å². The molecular weight excluding hydrogens is 446 g/mol. The van der Waals surface area contributed by atoms with E-state index in [4.69, 9.17) is 0 Å². The molecule has 6 nitrogen and oxygen atoms in total. The van der Waals surface area contributed by atoms with Crippen LogP contribution in [0, 0.1) is 18.8 Å². The summed E-state index contributed by atoms with van der Waals surface area (Å²) in [5, 5.41) is 7.92. The van der Waals surface area contributed by atoms with Crippen molar-refractivity contribution in [1.29, 1.82) is 0 Å². The number of hydrogen-bond donors (Lipinski definition) is 2. The molecule has 1 saturated heterocycles. The minimum Gasteiger partial charge on any atom is -0.326 e. The lowest BCUT2D eigenvalue weighted by Crippen LogP contribution is -2.46. The average molecular weight is 474 g/mol. The molecule has 1 aliphatic heterocycles. The quantitative estimate of drug-likeness (QED) is 0.494. The highest BCUT2D eigenvalue weighted by atomic mass is 32.1. The molecule has 0 radical (unpaired) electrons. The number of hydrogen-bond acceptors (Lipinski definition) is 4. The molecule has 174 valence electrons. The molecule has 1 aromatic heterocycles. The van der Waals surface area contributed by atoms with Crippen LogP contribution in [0.2, 0.25) is 0 Å². The van der Waals surface area contributed by atoms with Crippen molar-refractivity contribution >= 4 is 46.1 Å². The van der Waals surface area contributed by atoms with Crippen molar-refractivity contribution in [3.05, 3.63) is 76.5 Å². The van der Waals surface area contributed by atoms with Gasteiger partial charge in [-0.3, -0.25) is 14.4 Å². The van der Waals surface area contributed by atoms with Crippen molar-refractivity contribution in [2.75, 3.05) is 15.5 Å². The number of carbonyl (C=O) groups is 3. The maximum absolute atomic E-state index is 13.5. The standard InChI is InChI=1S/C27H27N3O3S/c1-17-4-12-21(13-5-17)30-24(31)15-14-22(25(30)23-3-2-16-34-23)27(33)29-20-10-8-19(9-11-20)28-26(32)18-6-7-18/h2-5,8-13,16,18,22,25H,6-7,14-15H2,1H3,(H,28,32)(H,29,33). The zero-order chi connectivity index (χ0) is 23.7. The number of carbonyl (C=O) groups excluding carboxylic acids is 3. The van der Waals surface area contributed by atoms with Gasteiger partial charge in [0.2, 0.25) is 17.7 Å². The fourth-order valence-electron chi connectivity index (χ4n) is 4.42. The molecule has 34 heavy (non-hydrogen) atoms. The van der Waals surface area contributed by atoms with Crippen LogP contribution >= 0.6 is 11.3 Å². The number of aryl methyl sites for hydroxylation is 1. The third kappa shape index (κ3) is 4.75. The summed E-state index contributed by atoms with van der Waals surface area (Å²) in [5.74, 6) is -0.274. The minimum atomic E-state index is -0.383. The van der Waals surface area contributed by atoms with Gasteiger partial charge in [-0.1, -0.05) is 23.8 Å². The molecule has 1 saturated carbocycles. The Morgan fingerprint density at radius 2 is 1.53 bits per heavy atom. The predicted octanol–water partition coefficient (Wildman–Crippen LogP) is 5.53. The van der Waals surface area contributed by atoms with E-state index in [-0.39, 0.29) is 35.6 Å². The molecule has 2 aliphatic rings. The summed E-state index contributed by atoms with van der Waals surface area (Å²) in [6.45, 7) is 2.01. The SMILES string of the molecule is Cc1ccc(N2C(=O)CCC(C(=O)Nc3ccc(NC(=O)C4CC4)cc3)C2c2cccs2)cc1. The molecule has 2 atom stereocenters. The highest BCUT2D eigenvalue weighted by Crippen LogP contribution is 2.42. The Morgan fingerprint density at radius 1 is 0.882 bits per heavy atom. The molecule has 1 aliphatic carbocycles. The van der Waals surface area contributed by atoms with E-state index in [1.807, 2.05) is 48.7 Å². The third-order valence-corrected chi connectivity index (χ3v) is 7.39. The van der Waals surface area contributed by atoms with Crippen LogP contribution < -0.4 is 15.5 Å². The summed E-state index contributed by atoms with van der Waals surface area (Å²) < 4.78 is 0. The first-order valence-corrected chi connectivity index (χ1v) is 12.5. The largest absolute Gasteiger partial charge is 0.326 e. The molecule has 5 rings (SSSR count).